The fourth-order valence-electron chi connectivity index (χ4n) is 1.87. The number of hydrogen-bond donors (Lipinski definition) is 3. The molecule has 0 saturated heterocycles. The Morgan fingerprint density at radius 2 is 1.48 bits per heavy atom. The lowest BCUT2D eigenvalue weighted by Crippen LogP contribution is -2.00. The third-order valence-corrected chi connectivity index (χ3v) is 2.92. The number of rotatable bonds is 1. The summed E-state index contributed by atoms with van der Waals surface area (Å²) in [5.41, 5.74) is 5.80. The van der Waals surface area contributed by atoms with Crippen molar-refractivity contribution in [1.82, 2.24) is 0 Å². The summed E-state index contributed by atoms with van der Waals surface area (Å²) in [7, 11) is 0. The van der Waals surface area contributed by atoms with Crippen LogP contribution in [0, 0.1) is 0 Å². The minimum absolute atomic E-state index is 0.155. The minimum Gasteiger partial charge on any atom is -0.508 e. The first-order valence-electron chi connectivity index (χ1n) is 6.33. The molecule has 4 heteroatoms. The maximum absolute atomic E-state index is 10.3. The predicted molar refractivity (Wildman–Crippen MR) is 83.4 cm³/mol. The topological polar surface area (TPSA) is 83.6 Å². The van der Waals surface area contributed by atoms with Gasteiger partial charge in [0.25, 0.3) is 0 Å². The van der Waals surface area contributed by atoms with Crippen molar-refractivity contribution in [2.75, 3.05) is 5.73 Å². The van der Waals surface area contributed by atoms with Crippen LogP contribution in [0.2, 0.25) is 0 Å². The molecule has 21 heavy (non-hydrogen) atoms. The number of aromatic carboxylic acids is 1. The van der Waals surface area contributed by atoms with Crippen molar-refractivity contribution in [1.29, 1.82) is 0 Å². The third-order valence-electron chi connectivity index (χ3n) is 2.92. The Labute approximate surface area is 122 Å². The third kappa shape index (κ3) is 3.73. The summed E-state index contributed by atoms with van der Waals surface area (Å²) in [6.07, 6.45) is 0. The van der Waals surface area contributed by atoms with E-state index in [9.17, 15) is 4.79 Å². The average Bonchev–Trinajstić information content (AvgIpc) is 2.48. The second-order valence-corrected chi connectivity index (χ2v) is 4.42. The van der Waals surface area contributed by atoms with Crippen molar-refractivity contribution in [2.24, 2.45) is 0 Å². The monoisotopic (exact) mass is 281 g/mol. The lowest BCUT2D eigenvalue weighted by atomic mass is 10.1. The molecule has 106 valence electrons. The highest BCUT2D eigenvalue weighted by molar-refractivity contribution is 5.93. The summed E-state index contributed by atoms with van der Waals surface area (Å²) in [4.78, 5) is 10.3. The van der Waals surface area contributed by atoms with Gasteiger partial charge >= 0.3 is 5.97 Å². The summed E-state index contributed by atoms with van der Waals surface area (Å²) in [5.74, 6) is -0.665. The van der Waals surface area contributed by atoms with Crippen LogP contribution in [0.5, 0.6) is 5.75 Å². The van der Waals surface area contributed by atoms with E-state index in [0.29, 0.717) is 11.4 Å². The van der Waals surface area contributed by atoms with Crippen LogP contribution in [0.3, 0.4) is 0 Å². The van der Waals surface area contributed by atoms with E-state index in [1.54, 1.807) is 30.3 Å². The van der Waals surface area contributed by atoms with Crippen molar-refractivity contribution in [2.45, 2.75) is 0 Å². The summed E-state index contributed by atoms with van der Waals surface area (Å²) >= 11 is 0. The molecule has 0 fully saturated rings. The summed E-state index contributed by atoms with van der Waals surface area (Å²) in [6, 6.07) is 19.7. The molecule has 0 aliphatic heterocycles. The van der Waals surface area contributed by atoms with Crippen LogP contribution in [-0.2, 0) is 0 Å². The molecular weight excluding hydrogens is 266 g/mol. The number of anilines is 1. The standard InChI is InChI=1S/C10H8O.C7H7NO2/c11-10-6-5-8-3-1-2-4-9(8)7-10;8-6-4-2-1-3-5(6)7(9)10/h1-7,11H;1-4H,8H2,(H,9,10). The van der Waals surface area contributed by atoms with Gasteiger partial charge in [0.15, 0.2) is 0 Å². The fraction of sp³-hybridized carbons (Fsp3) is 0. The zero-order chi connectivity index (χ0) is 15.2. The highest BCUT2D eigenvalue weighted by Crippen LogP contribution is 2.18. The zero-order valence-electron chi connectivity index (χ0n) is 11.2. The van der Waals surface area contributed by atoms with E-state index in [-0.39, 0.29) is 5.56 Å². The average molecular weight is 281 g/mol. The lowest BCUT2D eigenvalue weighted by molar-refractivity contribution is 0.0698. The Morgan fingerprint density at radius 3 is 2.10 bits per heavy atom. The first-order chi connectivity index (χ1) is 10.1. The number of carboxylic acid groups (broad SMARTS) is 1. The minimum atomic E-state index is -0.988. The highest BCUT2D eigenvalue weighted by Gasteiger charge is 2.03. The van der Waals surface area contributed by atoms with Crippen LogP contribution in [0.15, 0.2) is 66.7 Å². The number of nitrogens with two attached hydrogens (primary N) is 1. The second kappa shape index (κ2) is 6.43. The molecule has 0 unspecified atom stereocenters. The largest absolute Gasteiger partial charge is 0.508 e. The molecular formula is C17H15NO3. The van der Waals surface area contributed by atoms with Crippen LogP contribution < -0.4 is 5.73 Å². The van der Waals surface area contributed by atoms with Gasteiger partial charge in [-0.05, 0) is 35.0 Å². The van der Waals surface area contributed by atoms with Gasteiger partial charge in [0, 0.05) is 5.69 Å². The summed E-state index contributed by atoms with van der Waals surface area (Å²) in [6.45, 7) is 0. The molecule has 0 bridgehead atoms. The van der Waals surface area contributed by atoms with Gasteiger partial charge in [-0.15, -0.1) is 0 Å². The molecule has 3 aromatic carbocycles. The van der Waals surface area contributed by atoms with Crippen molar-refractivity contribution in [3.8, 4) is 5.75 Å². The molecule has 4 nitrogen and oxygen atoms in total. The molecule has 0 amide bonds. The quantitative estimate of drug-likeness (QED) is 0.596. The SMILES string of the molecule is Nc1ccccc1C(=O)O.Oc1ccc2ccccc2c1. The van der Waals surface area contributed by atoms with Gasteiger partial charge in [0.05, 0.1) is 5.56 Å². The number of hydrogen-bond acceptors (Lipinski definition) is 3. The van der Waals surface area contributed by atoms with E-state index in [1.165, 1.54) is 6.07 Å². The normalized spacial score (nSPS) is 9.71. The number of carbonyl (C=O) groups is 1. The first kappa shape index (κ1) is 14.4. The summed E-state index contributed by atoms with van der Waals surface area (Å²) < 4.78 is 0. The molecule has 0 heterocycles. The molecule has 0 spiro atoms. The van der Waals surface area contributed by atoms with E-state index >= 15 is 0 Å². The molecule has 3 aromatic rings. The highest BCUT2D eigenvalue weighted by atomic mass is 16.4. The molecule has 0 atom stereocenters. The Kier molecular flexibility index (Phi) is 4.41. The maximum Gasteiger partial charge on any atom is 0.337 e. The Bertz CT molecular complexity index is 769. The first-order valence-corrected chi connectivity index (χ1v) is 6.33. The van der Waals surface area contributed by atoms with Crippen LogP contribution in [0.25, 0.3) is 10.8 Å². The van der Waals surface area contributed by atoms with Crippen LogP contribution in [0.1, 0.15) is 10.4 Å². The van der Waals surface area contributed by atoms with E-state index in [1.807, 2.05) is 30.3 Å². The number of fused-ring (bicyclic) bond motifs is 1. The Balaban J connectivity index is 0.000000155. The van der Waals surface area contributed by atoms with Gasteiger partial charge in [0.2, 0.25) is 0 Å². The number of carboxylic acids is 1. The Morgan fingerprint density at radius 1 is 0.857 bits per heavy atom. The lowest BCUT2D eigenvalue weighted by Gasteiger charge is -1.96. The fourth-order valence-corrected chi connectivity index (χ4v) is 1.87. The van der Waals surface area contributed by atoms with Gasteiger partial charge in [0.1, 0.15) is 5.75 Å². The van der Waals surface area contributed by atoms with Crippen LogP contribution in [0.4, 0.5) is 5.69 Å². The van der Waals surface area contributed by atoms with Crippen LogP contribution in [-0.4, -0.2) is 16.2 Å². The maximum atomic E-state index is 10.3. The van der Waals surface area contributed by atoms with Gasteiger partial charge in [-0.2, -0.15) is 0 Å². The van der Waals surface area contributed by atoms with Crippen molar-refractivity contribution in [3.05, 3.63) is 72.3 Å². The van der Waals surface area contributed by atoms with E-state index < -0.39 is 5.97 Å². The number of nitrogen functional groups attached to an aromatic ring is 1. The van der Waals surface area contributed by atoms with Gasteiger partial charge in [-0.1, -0.05) is 42.5 Å². The molecule has 0 aliphatic rings. The number of phenolic OH excluding ortho intramolecular Hbond substituents is 1. The predicted octanol–water partition coefficient (Wildman–Crippen LogP) is 3.51. The number of para-hydroxylation sites is 1. The molecule has 4 N–H and O–H groups in total. The second-order valence-electron chi connectivity index (χ2n) is 4.42. The molecule has 0 aromatic heterocycles. The zero-order valence-corrected chi connectivity index (χ0v) is 11.2. The molecule has 0 radical (unpaired) electrons. The molecule has 0 saturated carbocycles. The number of aromatic hydroxyl groups is 1. The van der Waals surface area contributed by atoms with Crippen molar-refractivity contribution in [3.63, 3.8) is 0 Å². The van der Waals surface area contributed by atoms with E-state index in [2.05, 4.69) is 0 Å². The molecule has 0 aliphatic carbocycles. The van der Waals surface area contributed by atoms with Crippen LogP contribution >= 0.6 is 0 Å². The summed E-state index contributed by atoms with van der Waals surface area (Å²) in [5, 5.41) is 19.8. The number of phenols is 1. The number of benzene rings is 3. The van der Waals surface area contributed by atoms with Crippen molar-refractivity contribution < 1.29 is 15.0 Å². The van der Waals surface area contributed by atoms with E-state index in [4.69, 9.17) is 15.9 Å². The van der Waals surface area contributed by atoms with Gasteiger partial charge < -0.3 is 15.9 Å². The van der Waals surface area contributed by atoms with E-state index in [0.717, 1.165) is 10.8 Å². The van der Waals surface area contributed by atoms with Crippen molar-refractivity contribution >= 4 is 22.4 Å². The molecule has 3 rings (SSSR count). The smallest absolute Gasteiger partial charge is 0.337 e. The van der Waals surface area contributed by atoms with Gasteiger partial charge in [-0.25, -0.2) is 4.79 Å². The Hall–Kier alpha value is -3.01. The van der Waals surface area contributed by atoms with Gasteiger partial charge in [-0.3, -0.25) is 0 Å².